The first-order valence-electron chi connectivity index (χ1n) is 5.14. The summed E-state index contributed by atoms with van der Waals surface area (Å²) in [5.74, 6) is -0.0908. The average molecular weight is 262 g/mol. The molecule has 3 N–H and O–H groups in total. The van der Waals surface area contributed by atoms with Gasteiger partial charge in [0.05, 0.1) is 6.61 Å². The molecular formula is C11H13F3N2O2. The zero-order valence-corrected chi connectivity index (χ0v) is 9.67. The van der Waals surface area contributed by atoms with Crippen LogP contribution in [0.15, 0.2) is 18.2 Å². The Bertz CT molecular complexity index is 433. The molecule has 0 heterocycles. The highest BCUT2D eigenvalue weighted by atomic mass is 19.4. The van der Waals surface area contributed by atoms with Crippen LogP contribution in [0, 0.1) is 5.41 Å². The number of halogens is 3. The molecule has 0 saturated heterocycles. The zero-order chi connectivity index (χ0) is 13.8. The van der Waals surface area contributed by atoms with Gasteiger partial charge in [-0.05, 0) is 25.1 Å². The molecule has 0 aliphatic rings. The van der Waals surface area contributed by atoms with Gasteiger partial charge < -0.3 is 15.2 Å². The molecule has 0 bridgehead atoms. The SMILES string of the molecule is CCOc1cc(C(=N)N)ccc1OCC(F)(F)F. The van der Waals surface area contributed by atoms with Crippen LogP contribution in [0.2, 0.25) is 0 Å². The number of ether oxygens (including phenoxy) is 2. The minimum Gasteiger partial charge on any atom is -0.490 e. The van der Waals surface area contributed by atoms with Gasteiger partial charge in [0.2, 0.25) is 0 Å². The zero-order valence-electron chi connectivity index (χ0n) is 9.67. The van der Waals surface area contributed by atoms with Gasteiger partial charge in [0.1, 0.15) is 5.84 Å². The van der Waals surface area contributed by atoms with Crippen molar-refractivity contribution >= 4 is 5.84 Å². The van der Waals surface area contributed by atoms with Crippen LogP contribution in [-0.2, 0) is 0 Å². The van der Waals surface area contributed by atoms with Gasteiger partial charge in [0.25, 0.3) is 0 Å². The van der Waals surface area contributed by atoms with E-state index in [1.807, 2.05) is 0 Å². The van der Waals surface area contributed by atoms with E-state index in [-0.39, 0.29) is 23.9 Å². The minimum atomic E-state index is -4.41. The maximum atomic E-state index is 12.0. The van der Waals surface area contributed by atoms with E-state index in [9.17, 15) is 13.2 Å². The molecule has 0 amide bonds. The Balaban J connectivity index is 2.92. The third kappa shape index (κ3) is 4.15. The summed E-state index contributed by atoms with van der Waals surface area (Å²) in [6.07, 6.45) is -4.41. The summed E-state index contributed by atoms with van der Waals surface area (Å²) in [4.78, 5) is 0. The van der Waals surface area contributed by atoms with E-state index in [1.165, 1.54) is 18.2 Å². The van der Waals surface area contributed by atoms with Crippen molar-refractivity contribution in [2.45, 2.75) is 13.1 Å². The lowest BCUT2D eigenvalue weighted by Gasteiger charge is -2.14. The Labute approximate surface area is 102 Å². The molecule has 7 heteroatoms. The molecule has 0 radical (unpaired) electrons. The van der Waals surface area contributed by atoms with E-state index in [1.54, 1.807) is 6.92 Å². The van der Waals surface area contributed by atoms with Gasteiger partial charge in [-0.1, -0.05) is 0 Å². The van der Waals surface area contributed by atoms with Crippen LogP contribution in [-0.4, -0.2) is 25.2 Å². The second-order valence-electron chi connectivity index (χ2n) is 3.41. The van der Waals surface area contributed by atoms with E-state index in [0.717, 1.165) is 0 Å². The predicted molar refractivity (Wildman–Crippen MR) is 60.2 cm³/mol. The van der Waals surface area contributed by atoms with Crippen LogP contribution in [0.1, 0.15) is 12.5 Å². The molecule has 0 fully saturated rings. The smallest absolute Gasteiger partial charge is 0.422 e. The summed E-state index contributed by atoms with van der Waals surface area (Å²) in [7, 11) is 0. The first kappa shape index (κ1) is 14.1. The second-order valence-corrected chi connectivity index (χ2v) is 3.41. The lowest BCUT2D eigenvalue weighted by molar-refractivity contribution is -0.153. The Morgan fingerprint density at radius 1 is 1.28 bits per heavy atom. The standard InChI is InChI=1S/C11H13F3N2O2/c1-2-17-9-5-7(10(15)16)3-4-8(9)18-6-11(12,13)14/h3-5H,2,6H2,1H3,(H3,15,16). The van der Waals surface area contributed by atoms with Crippen molar-refractivity contribution in [2.75, 3.05) is 13.2 Å². The highest BCUT2D eigenvalue weighted by Crippen LogP contribution is 2.30. The summed E-state index contributed by atoms with van der Waals surface area (Å²) in [6, 6.07) is 4.07. The number of alkyl halides is 3. The van der Waals surface area contributed by atoms with E-state index >= 15 is 0 Å². The molecule has 0 saturated carbocycles. The van der Waals surface area contributed by atoms with Gasteiger partial charge >= 0.3 is 6.18 Å². The maximum absolute atomic E-state index is 12.0. The van der Waals surface area contributed by atoms with Gasteiger partial charge in [0.15, 0.2) is 18.1 Å². The lowest BCUT2D eigenvalue weighted by atomic mass is 10.2. The van der Waals surface area contributed by atoms with Crippen LogP contribution in [0.3, 0.4) is 0 Å². The Hall–Kier alpha value is -1.92. The Morgan fingerprint density at radius 2 is 1.94 bits per heavy atom. The van der Waals surface area contributed by atoms with E-state index in [0.29, 0.717) is 5.56 Å². The van der Waals surface area contributed by atoms with E-state index in [4.69, 9.17) is 15.9 Å². The number of amidine groups is 1. The fourth-order valence-electron chi connectivity index (χ4n) is 1.22. The molecule has 18 heavy (non-hydrogen) atoms. The molecule has 0 atom stereocenters. The third-order valence-corrected chi connectivity index (χ3v) is 1.95. The second kappa shape index (κ2) is 5.61. The number of rotatable bonds is 5. The number of hydrogen-bond donors (Lipinski definition) is 2. The first-order chi connectivity index (χ1) is 8.33. The third-order valence-electron chi connectivity index (χ3n) is 1.95. The van der Waals surface area contributed by atoms with Crippen molar-refractivity contribution in [2.24, 2.45) is 5.73 Å². The molecule has 1 aromatic rings. The van der Waals surface area contributed by atoms with Gasteiger partial charge in [-0.15, -0.1) is 0 Å². The lowest BCUT2D eigenvalue weighted by Crippen LogP contribution is -2.19. The first-order valence-corrected chi connectivity index (χ1v) is 5.14. The van der Waals surface area contributed by atoms with Crippen molar-refractivity contribution < 1.29 is 22.6 Å². The molecule has 100 valence electrons. The fraction of sp³-hybridized carbons (Fsp3) is 0.364. The average Bonchev–Trinajstić information content (AvgIpc) is 2.26. The van der Waals surface area contributed by atoms with Gasteiger partial charge in [-0.25, -0.2) is 0 Å². The van der Waals surface area contributed by atoms with Crippen LogP contribution in [0.25, 0.3) is 0 Å². The number of nitrogens with one attached hydrogen (secondary N) is 1. The van der Waals surface area contributed by atoms with E-state index in [2.05, 4.69) is 4.74 Å². The highest BCUT2D eigenvalue weighted by molar-refractivity contribution is 5.95. The predicted octanol–water partition coefficient (Wildman–Crippen LogP) is 2.31. The monoisotopic (exact) mass is 262 g/mol. The normalized spacial score (nSPS) is 11.1. The summed E-state index contributed by atoms with van der Waals surface area (Å²) in [5, 5.41) is 7.24. The van der Waals surface area contributed by atoms with Gasteiger partial charge in [-0.2, -0.15) is 13.2 Å². The number of hydrogen-bond acceptors (Lipinski definition) is 3. The van der Waals surface area contributed by atoms with E-state index < -0.39 is 12.8 Å². The molecular weight excluding hydrogens is 249 g/mol. The van der Waals surface area contributed by atoms with Gasteiger partial charge in [-0.3, -0.25) is 5.41 Å². The molecule has 0 unspecified atom stereocenters. The van der Waals surface area contributed by atoms with Crippen LogP contribution in [0.5, 0.6) is 11.5 Å². The summed E-state index contributed by atoms with van der Waals surface area (Å²) >= 11 is 0. The molecule has 0 aliphatic heterocycles. The molecule has 0 spiro atoms. The molecule has 1 rings (SSSR count). The van der Waals surface area contributed by atoms with Crippen molar-refractivity contribution in [1.82, 2.24) is 0 Å². The van der Waals surface area contributed by atoms with Crippen molar-refractivity contribution in [3.05, 3.63) is 23.8 Å². The number of benzene rings is 1. The van der Waals surface area contributed by atoms with Gasteiger partial charge in [0, 0.05) is 5.56 Å². The number of nitrogens with two attached hydrogens (primary N) is 1. The number of nitrogen functional groups attached to an aromatic ring is 1. The molecule has 0 aromatic heterocycles. The van der Waals surface area contributed by atoms with Crippen LogP contribution < -0.4 is 15.2 Å². The summed E-state index contributed by atoms with van der Waals surface area (Å²) in [6.45, 7) is 0.560. The van der Waals surface area contributed by atoms with Crippen molar-refractivity contribution in [3.63, 3.8) is 0 Å². The quantitative estimate of drug-likeness (QED) is 0.632. The molecule has 1 aromatic carbocycles. The summed E-state index contributed by atoms with van der Waals surface area (Å²) < 4.78 is 45.9. The van der Waals surface area contributed by atoms with Crippen LogP contribution >= 0.6 is 0 Å². The largest absolute Gasteiger partial charge is 0.490 e. The fourth-order valence-corrected chi connectivity index (χ4v) is 1.22. The van der Waals surface area contributed by atoms with Crippen LogP contribution in [0.4, 0.5) is 13.2 Å². The topological polar surface area (TPSA) is 68.3 Å². The minimum absolute atomic E-state index is 0.0285. The van der Waals surface area contributed by atoms with Crippen molar-refractivity contribution in [3.8, 4) is 11.5 Å². The van der Waals surface area contributed by atoms with Crippen molar-refractivity contribution in [1.29, 1.82) is 5.41 Å². The Morgan fingerprint density at radius 3 is 2.44 bits per heavy atom. The Kier molecular flexibility index (Phi) is 4.41. The molecule has 0 aliphatic carbocycles. The maximum Gasteiger partial charge on any atom is 0.422 e. The molecule has 4 nitrogen and oxygen atoms in total. The summed E-state index contributed by atoms with van der Waals surface area (Å²) in [5.41, 5.74) is 5.64. The highest BCUT2D eigenvalue weighted by Gasteiger charge is 2.29.